The van der Waals surface area contributed by atoms with Gasteiger partial charge in [0, 0.05) is 12.7 Å². The van der Waals surface area contributed by atoms with E-state index in [2.05, 4.69) is 10.1 Å². The molecule has 2 rings (SSSR count). The Morgan fingerprint density at radius 2 is 2.19 bits per heavy atom. The Morgan fingerprint density at radius 3 is 2.75 bits per heavy atom. The van der Waals surface area contributed by atoms with Gasteiger partial charge >= 0.3 is 5.97 Å². The average Bonchev–Trinajstić information content (AvgIpc) is 2.59. The molecule has 0 unspecified atom stereocenters. The number of pyridine rings is 1. The molecule has 5 nitrogen and oxygen atoms in total. The van der Waals surface area contributed by atoms with Gasteiger partial charge in [0.05, 0.1) is 17.1 Å². The van der Waals surface area contributed by atoms with Crippen LogP contribution in [-0.4, -0.2) is 25.8 Å². The molecule has 0 aliphatic carbocycles. The van der Waals surface area contributed by atoms with Crippen LogP contribution in [0, 0.1) is 0 Å². The van der Waals surface area contributed by atoms with Crippen molar-refractivity contribution in [3.05, 3.63) is 23.5 Å². The summed E-state index contributed by atoms with van der Waals surface area (Å²) in [6, 6.07) is 1.62. The summed E-state index contributed by atoms with van der Waals surface area (Å²) in [5.41, 5.74) is 1.65. The van der Waals surface area contributed by atoms with Crippen LogP contribution in [0.2, 0.25) is 0 Å². The molecule has 2 aromatic heterocycles. The third-order valence-corrected chi connectivity index (χ3v) is 2.55. The maximum absolute atomic E-state index is 11.1. The lowest BCUT2D eigenvalue weighted by atomic mass is 10.1. The van der Waals surface area contributed by atoms with Crippen molar-refractivity contribution in [1.29, 1.82) is 0 Å². The van der Waals surface area contributed by atoms with Gasteiger partial charge in [-0.25, -0.2) is 9.78 Å². The van der Waals surface area contributed by atoms with Gasteiger partial charge in [-0.2, -0.15) is 5.10 Å². The van der Waals surface area contributed by atoms with Crippen molar-refractivity contribution in [3.8, 4) is 0 Å². The first-order valence-corrected chi connectivity index (χ1v) is 5.06. The number of nitrogens with zero attached hydrogens (tertiary/aromatic N) is 3. The summed E-state index contributed by atoms with van der Waals surface area (Å²) in [5.74, 6) is -0.750. The molecule has 0 fully saturated rings. The Morgan fingerprint density at radius 1 is 1.50 bits per heavy atom. The highest BCUT2D eigenvalue weighted by Gasteiger charge is 2.15. The second-order valence-electron chi connectivity index (χ2n) is 4.06. The van der Waals surface area contributed by atoms with Crippen LogP contribution in [0.15, 0.2) is 12.3 Å². The Labute approximate surface area is 92.7 Å². The first-order valence-electron chi connectivity index (χ1n) is 5.06. The molecule has 0 spiro atoms. The van der Waals surface area contributed by atoms with Crippen LogP contribution in [0.3, 0.4) is 0 Å². The van der Waals surface area contributed by atoms with Crippen LogP contribution in [0.1, 0.15) is 35.8 Å². The molecule has 5 heteroatoms. The topological polar surface area (TPSA) is 68.0 Å². The van der Waals surface area contributed by atoms with E-state index < -0.39 is 5.97 Å². The van der Waals surface area contributed by atoms with Crippen molar-refractivity contribution < 1.29 is 9.90 Å². The van der Waals surface area contributed by atoms with E-state index in [1.807, 2.05) is 13.8 Å². The van der Waals surface area contributed by atoms with E-state index in [0.717, 1.165) is 5.69 Å². The first-order chi connectivity index (χ1) is 7.50. The van der Waals surface area contributed by atoms with E-state index in [1.54, 1.807) is 17.8 Å². The fourth-order valence-corrected chi connectivity index (χ4v) is 1.61. The number of carboxylic acid groups (broad SMARTS) is 1. The van der Waals surface area contributed by atoms with Gasteiger partial charge in [-0.1, -0.05) is 13.8 Å². The predicted molar refractivity (Wildman–Crippen MR) is 59.6 cm³/mol. The van der Waals surface area contributed by atoms with Crippen molar-refractivity contribution in [3.63, 3.8) is 0 Å². The number of aryl methyl sites for hydroxylation is 1. The van der Waals surface area contributed by atoms with Crippen molar-refractivity contribution in [2.24, 2.45) is 7.05 Å². The SMILES string of the molecule is CC(C)c1cc(C(=O)O)c2cnn(C)c2n1. The first kappa shape index (κ1) is 10.6. The van der Waals surface area contributed by atoms with Gasteiger partial charge < -0.3 is 5.11 Å². The van der Waals surface area contributed by atoms with Gasteiger partial charge in [-0.15, -0.1) is 0 Å². The molecule has 1 N–H and O–H groups in total. The van der Waals surface area contributed by atoms with E-state index in [1.165, 1.54) is 6.20 Å². The largest absolute Gasteiger partial charge is 0.478 e. The minimum atomic E-state index is -0.942. The summed E-state index contributed by atoms with van der Waals surface area (Å²) in [7, 11) is 1.76. The quantitative estimate of drug-likeness (QED) is 0.836. The number of fused-ring (bicyclic) bond motifs is 1. The van der Waals surface area contributed by atoms with Crippen LogP contribution in [0.5, 0.6) is 0 Å². The number of aromatic nitrogens is 3. The smallest absolute Gasteiger partial charge is 0.336 e. The number of hydrogen-bond acceptors (Lipinski definition) is 3. The molecule has 0 aliphatic rings. The number of carboxylic acids is 1. The van der Waals surface area contributed by atoms with Gasteiger partial charge in [0.25, 0.3) is 0 Å². The lowest BCUT2D eigenvalue weighted by molar-refractivity contribution is 0.0699. The second kappa shape index (κ2) is 3.59. The zero-order chi connectivity index (χ0) is 11.9. The van der Waals surface area contributed by atoms with E-state index in [4.69, 9.17) is 5.11 Å². The Bertz CT molecular complexity index is 558. The Kier molecular flexibility index (Phi) is 2.38. The van der Waals surface area contributed by atoms with Gasteiger partial charge in [-0.3, -0.25) is 4.68 Å². The van der Waals surface area contributed by atoms with Gasteiger partial charge in [0.1, 0.15) is 0 Å². The monoisotopic (exact) mass is 219 g/mol. The van der Waals surface area contributed by atoms with Crippen molar-refractivity contribution in [2.45, 2.75) is 19.8 Å². The molecule has 0 bridgehead atoms. The van der Waals surface area contributed by atoms with Crippen LogP contribution < -0.4 is 0 Å². The third-order valence-electron chi connectivity index (χ3n) is 2.55. The van der Waals surface area contributed by atoms with E-state index in [9.17, 15) is 4.79 Å². The highest BCUT2D eigenvalue weighted by Crippen LogP contribution is 2.21. The summed E-state index contributed by atoms with van der Waals surface area (Å²) in [6.07, 6.45) is 1.54. The van der Waals surface area contributed by atoms with Crippen LogP contribution in [0.4, 0.5) is 0 Å². The van der Waals surface area contributed by atoms with Crippen molar-refractivity contribution in [2.75, 3.05) is 0 Å². The fourth-order valence-electron chi connectivity index (χ4n) is 1.61. The molecule has 0 saturated carbocycles. The highest BCUT2D eigenvalue weighted by molar-refractivity contribution is 6.01. The number of carbonyl (C=O) groups is 1. The molecule has 84 valence electrons. The van der Waals surface area contributed by atoms with Gasteiger partial charge in [0.2, 0.25) is 0 Å². The predicted octanol–water partition coefficient (Wildman–Crippen LogP) is 1.79. The van der Waals surface area contributed by atoms with Gasteiger partial charge in [-0.05, 0) is 12.0 Å². The van der Waals surface area contributed by atoms with E-state index >= 15 is 0 Å². The molecule has 0 aromatic carbocycles. The lowest BCUT2D eigenvalue weighted by Gasteiger charge is -2.06. The number of hydrogen-bond donors (Lipinski definition) is 1. The maximum atomic E-state index is 11.1. The fraction of sp³-hybridized carbons (Fsp3) is 0.364. The normalized spacial score (nSPS) is 11.2. The molecule has 0 radical (unpaired) electrons. The summed E-state index contributed by atoms with van der Waals surface area (Å²) in [4.78, 5) is 15.5. The lowest BCUT2D eigenvalue weighted by Crippen LogP contribution is -2.03. The summed E-state index contributed by atoms with van der Waals surface area (Å²) < 4.78 is 1.59. The molecule has 0 amide bonds. The number of rotatable bonds is 2. The van der Waals surface area contributed by atoms with E-state index in [-0.39, 0.29) is 11.5 Å². The summed E-state index contributed by atoms with van der Waals surface area (Å²) in [5, 5.41) is 13.7. The van der Waals surface area contributed by atoms with Gasteiger partial charge in [0.15, 0.2) is 5.65 Å². The minimum absolute atomic E-state index is 0.192. The Hall–Kier alpha value is -1.91. The molecule has 0 saturated heterocycles. The molecule has 2 aromatic rings. The zero-order valence-corrected chi connectivity index (χ0v) is 9.43. The molecule has 16 heavy (non-hydrogen) atoms. The van der Waals surface area contributed by atoms with Crippen LogP contribution >= 0.6 is 0 Å². The van der Waals surface area contributed by atoms with E-state index in [0.29, 0.717) is 11.0 Å². The standard InChI is InChI=1S/C11H13N3O2/c1-6(2)9-4-7(11(15)16)8-5-12-14(3)10(8)13-9/h4-6H,1-3H3,(H,15,16). The zero-order valence-electron chi connectivity index (χ0n) is 9.43. The van der Waals surface area contributed by atoms with Crippen molar-refractivity contribution >= 4 is 17.0 Å². The summed E-state index contributed by atoms with van der Waals surface area (Å²) >= 11 is 0. The molecule has 2 heterocycles. The third kappa shape index (κ3) is 1.54. The molecular formula is C11H13N3O2. The molecule has 0 aliphatic heterocycles. The van der Waals surface area contributed by atoms with Crippen molar-refractivity contribution in [1.82, 2.24) is 14.8 Å². The summed E-state index contributed by atoms with van der Waals surface area (Å²) in [6.45, 7) is 3.96. The minimum Gasteiger partial charge on any atom is -0.478 e. The maximum Gasteiger partial charge on any atom is 0.336 e. The average molecular weight is 219 g/mol. The molecular weight excluding hydrogens is 206 g/mol. The second-order valence-corrected chi connectivity index (χ2v) is 4.06. The highest BCUT2D eigenvalue weighted by atomic mass is 16.4. The number of aromatic carboxylic acids is 1. The molecule has 0 atom stereocenters. The Balaban J connectivity index is 2.81. The van der Waals surface area contributed by atoms with Crippen LogP contribution in [0.25, 0.3) is 11.0 Å². The van der Waals surface area contributed by atoms with Crippen LogP contribution in [-0.2, 0) is 7.05 Å².